The monoisotopic (exact) mass is 98.1 g/mol. The molecule has 0 aromatic heterocycles. The van der Waals surface area contributed by atoms with E-state index in [0.717, 1.165) is 12.3 Å². The summed E-state index contributed by atoms with van der Waals surface area (Å²) in [6.45, 7) is 9.73. The molecule has 0 amide bonds. The average molecular weight is 98.2 g/mol. The molecule has 0 aromatic rings. The normalized spacial score (nSPS) is 14.1. The van der Waals surface area contributed by atoms with E-state index in [1.54, 1.807) is 0 Å². The molecule has 0 nitrogen and oxygen atoms in total. The maximum absolute atomic E-state index is 5.36. The Balaban J connectivity index is 2.83. The average Bonchev–Trinajstić information content (AvgIpc) is 1.68. The van der Waals surface area contributed by atoms with Gasteiger partial charge in [-0.15, -0.1) is 0 Å². The third-order valence-electron chi connectivity index (χ3n) is 1.18. The Morgan fingerprint density at radius 2 is 2.14 bits per heavy atom. The molecule has 0 heteroatoms. The highest BCUT2D eigenvalue weighted by Gasteiger charge is 1.92. The van der Waals surface area contributed by atoms with Crippen molar-refractivity contribution in [1.82, 2.24) is 0 Å². The summed E-state index contributed by atoms with van der Waals surface area (Å²) >= 11 is 0. The zero-order valence-corrected chi connectivity index (χ0v) is 5.28. The Kier molecular flexibility index (Phi) is 4.17. The molecule has 7 heavy (non-hydrogen) atoms. The van der Waals surface area contributed by atoms with Gasteiger partial charge in [-0.3, -0.25) is 0 Å². The van der Waals surface area contributed by atoms with Crippen molar-refractivity contribution in [2.24, 2.45) is 5.92 Å². The third kappa shape index (κ3) is 3.84. The van der Waals surface area contributed by atoms with Gasteiger partial charge in [0.1, 0.15) is 0 Å². The lowest BCUT2D eigenvalue weighted by atomic mass is 10.0. The smallest absolute Gasteiger partial charge is 0.0349 e. The summed E-state index contributed by atoms with van der Waals surface area (Å²) in [7, 11) is 0. The summed E-state index contributed by atoms with van der Waals surface area (Å²) in [6.07, 6.45) is 3.38. The number of rotatable bonds is 3. The zero-order valence-electron chi connectivity index (χ0n) is 5.28. The molecule has 0 spiro atoms. The molecule has 0 aliphatic carbocycles. The van der Waals surface area contributed by atoms with Gasteiger partial charge in [0.15, 0.2) is 0 Å². The first-order valence-corrected chi connectivity index (χ1v) is 3.01. The Morgan fingerprint density at radius 3 is 2.29 bits per heavy atom. The topological polar surface area (TPSA) is 0 Å². The second-order valence-electron chi connectivity index (χ2n) is 2.13. The first kappa shape index (κ1) is 7.00. The van der Waals surface area contributed by atoms with E-state index >= 15 is 0 Å². The van der Waals surface area contributed by atoms with Crippen molar-refractivity contribution < 1.29 is 0 Å². The van der Waals surface area contributed by atoms with Crippen LogP contribution in [0.4, 0.5) is 0 Å². The van der Waals surface area contributed by atoms with Gasteiger partial charge in [-0.25, -0.2) is 0 Å². The summed E-state index contributed by atoms with van der Waals surface area (Å²) in [5.41, 5.74) is 0. The summed E-state index contributed by atoms with van der Waals surface area (Å²) in [4.78, 5) is 0. The predicted molar refractivity (Wildman–Crippen MR) is 33.0 cm³/mol. The summed E-state index contributed by atoms with van der Waals surface area (Å²) < 4.78 is 0. The molecule has 42 valence electrons. The predicted octanol–water partition coefficient (Wildman–Crippen LogP) is 2.52. The van der Waals surface area contributed by atoms with Crippen molar-refractivity contribution in [3.63, 3.8) is 0 Å². The largest absolute Gasteiger partial charge is 0.0654 e. The third-order valence-corrected chi connectivity index (χ3v) is 1.18. The van der Waals surface area contributed by atoms with Crippen LogP contribution in [0.25, 0.3) is 0 Å². The second kappa shape index (κ2) is 4.17. The standard InChI is InChI=1S/C7H14/c1-4-6-7(3)5-2/h2,7H,4-6H2,1,3H3. The van der Waals surface area contributed by atoms with Crippen molar-refractivity contribution in [2.75, 3.05) is 0 Å². The summed E-state index contributed by atoms with van der Waals surface area (Å²) in [5.74, 6) is 0.727. The van der Waals surface area contributed by atoms with Gasteiger partial charge in [-0.1, -0.05) is 26.7 Å². The van der Waals surface area contributed by atoms with Crippen LogP contribution in [-0.2, 0) is 0 Å². The van der Waals surface area contributed by atoms with Gasteiger partial charge >= 0.3 is 0 Å². The lowest BCUT2D eigenvalue weighted by molar-refractivity contribution is 0.530. The molecule has 0 bridgehead atoms. The molecule has 2 radical (unpaired) electrons. The van der Waals surface area contributed by atoms with E-state index in [1.807, 2.05) is 0 Å². The maximum Gasteiger partial charge on any atom is -0.0349 e. The van der Waals surface area contributed by atoms with Crippen LogP contribution in [0, 0.1) is 12.8 Å². The molecular formula is C7H14. The van der Waals surface area contributed by atoms with Crippen LogP contribution in [0.15, 0.2) is 0 Å². The van der Waals surface area contributed by atoms with Crippen molar-refractivity contribution in [3.05, 3.63) is 6.92 Å². The lowest BCUT2D eigenvalue weighted by Crippen LogP contribution is -1.88. The minimum Gasteiger partial charge on any atom is -0.0654 e. The first-order chi connectivity index (χ1) is 3.31. The minimum absolute atomic E-state index is 0.727. The van der Waals surface area contributed by atoms with Crippen LogP contribution in [0.2, 0.25) is 0 Å². The number of hydrogen-bond donors (Lipinski definition) is 0. The molecule has 1 atom stereocenters. The van der Waals surface area contributed by atoms with Gasteiger partial charge in [0, 0.05) is 0 Å². The van der Waals surface area contributed by atoms with E-state index in [-0.39, 0.29) is 0 Å². The molecule has 0 aliphatic heterocycles. The second-order valence-corrected chi connectivity index (χ2v) is 2.13. The van der Waals surface area contributed by atoms with Crippen LogP contribution in [0.5, 0.6) is 0 Å². The molecule has 0 heterocycles. The lowest BCUT2D eigenvalue weighted by Gasteiger charge is -2.02. The quantitative estimate of drug-likeness (QED) is 0.509. The van der Waals surface area contributed by atoms with Crippen molar-refractivity contribution in [2.45, 2.75) is 33.1 Å². The van der Waals surface area contributed by atoms with Crippen molar-refractivity contribution >= 4 is 0 Å². The fourth-order valence-corrected chi connectivity index (χ4v) is 0.611. The van der Waals surface area contributed by atoms with E-state index in [1.165, 1.54) is 12.8 Å². The maximum atomic E-state index is 5.36. The molecule has 0 fully saturated rings. The summed E-state index contributed by atoms with van der Waals surface area (Å²) in [6, 6.07) is 0. The van der Waals surface area contributed by atoms with E-state index in [9.17, 15) is 0 Å². The van der Waals surface area contributed by atoms with E-state index in [2.05, 4.69) is 13.8 Å². The molecule has 0 aliphatic rings. The minimum atomic E-state index is 0.727. The molecular weight excluding hydrogens is 84.1 g/mol. The highest BCUT2D eigenvalue weighted by molar-refractivity contribution is 4.51. The van der Waals surface area contributed by atoms with Crippen molar-refractivity contribution in [1.29, 1.82) is 0 Å². The summed E-state index contributed by atoms with van der Waals surface area (Å²) in [5, 5.41) is 0. The Morgan fingerprint density at radius 1 is 1.57 bits per heavy atom. The molecule has 0 saturated carbocycles. The van der Waals surface area contributed by atoms with Gasteiger partial charge in [-0.05, 0) is 19.3 Å². The zero-order chi connectivity index (χ0) is 5.70. The Bertz CT molecular complexity index is 31.0. The van der Waals surface area contributed by atoms with Crippen LogP contribution >= 0.6 is 0 Å². The Hall–Kier alpha value is 0. The van der Waals surface area contributed by atoms with E-state index < -0.39 is 0 Å². The molecule has 1 unspecified atom stereocenters. The van der Waals surface area contributed by atoms with Crippen LogP contribution in [0.1, 0.15) is 33.1 Å². The van der Waals surface area contributed by atoms with E-state index in [0.29, 0.717) is 0 Å². The Labute approximate surface area is 46.9 Å². The molecule has 0 N–H and O–H groups in total. The SMILES string of the molecule is [CH]CC(C)CCC. The van der Waals surface area contributed by atoms with Gasteiger partial charge in [0.25, 0.3) is 0 Å². The fraction of sp³-hybridized carbons (Fsp3) is 0.857. The highest BCUT2D eigenvalue weighted by atomic mass is 14.0. The van der Waals surface area contributed by atoms with Crippen LogP contribution in [0.3, 0.4) is 0 Å². The first-order valence-electron chi connectivity index (χ1n) is 3.01. The van der Waals surface area contributed by atoms with Crippen molar-refractivity contribution in [3.8, 4) is 0 Å². The highest BCUT2D eigenvalue weighted by Crippen LogP contribution is 2.06. The molecule has 0 aromatic carbocycles. The van der Waals surface area contributed by atoms with Gasteiger partial charge in [0.2, 0.25) is 0 Å². The van der Waals surface area contributed by atoms with Crippen LogP contribution in [-0.4, -0.2) is 0 Å². The van der Waals surface area contributed by atoms with Gasteiger partial charge < -0.3 is 0 Å². The molecule has 0 rings (SSSR count). The van der Waals surface area contributed by atoms with Gasteiger partial charge in [-0.2, -0.15) is 0 Å². The fourth-order valence-electron chi connectivity index (χ4n) is 0.611. The van der Waals surface area contributed by atoms with Gasteiger partial charge in [0.05, 0.1) is 0 Å². The molecule has 0 saturated heterocycles. The van der Waals surface area contributed by atoms with Crippen LogP contribution < -0.4 is 0 Å². The van der Waals surface area contributed by atoms with E-state index in [4.69, 9.17) is 6.92 Å². The number of hydrogen-bond acceptors (Lipinski definition) is 0.